The van der Waals surface area contributed by atoms with Gasteiger partial charge in [-0.1, -0.05) is 0 Å². The van der Waals surface area contributed by atoms with E-state index in [1.54, 1.807) is 0 Å². The van der Waals surface area contributed by atoms with E-state index in [2.05, 4.69) is 0 Å². The average molecular weight is 152 g/mol. The van der Waals surface area contributed by atoms with Crippen molar-refractivity contribution in [1.29, 1.82) is 0 Å². The second-order valence-electron chi connectivity index (χ2n) is 1.89. The van der Waals surface area contributed by atoms with Crippen molar-refractivity contribution in [3.05, 3.63) is 0 Å². The number of sulfonamides is 1. The normalized spacial score (nSPS) is 12.4. The summed E-state index contributed by atoms with van der Waals surface area (Å²) in [5, 5.41) is 0. The van der Waals surface area contributed by atoms with E-state index >= 15 is 0 Å². The first kappa shape index (κ1) is 8.87. The van der Waals surface area contributed by atoms with Crippen LogP contribution in [-0.4, -0.2) is 39.1 Å². The van der Waals surface area contributed by atoms with E-state index in [9.17, 15) is 8.42 Å². The summed E-state index contributed by atoms with van der Waals surface area (Å²) in [6.45, 7) is 0.181. The lowest BCUT2D eigenvalue weighted by Crippen LogP contribution is -2.28. The van der Waals surface area contributed by atoms with E-state index in [4.69, 9.17) is 5.73 Å². The summed E-state index contributed by atoms with van der Waals surface area (Å²) in [6, 6.07) is 0. The molecule has 4 nitrogen and oxygen atoms in total. The van der Waals surface area contributed by atoms with Crippen LogP contribution in [0.2, 0.25) is 0 Å². The molecule has 0 atom stereocenters. The molecule has 0 amide bonds. The van der Waals surface area contributed by atoms with Gasteiger partial charge < -0.3 is 5.73 Å². The number of rotatable bonds is 3. The van der Waals surface area contributed by atoms with Crippen LogP contribution in [0, 0.1) is 0 Å². The molecular weight excluding hydrogens is 140 g/mol. The Morgan fingerprint density at radius 1 is 1.44 bits per heavy atom. The Kier molecular flexibility index (Phi) is 3.10. The fourth-order valence-electron chi connectivity index (χ4n) is 0.332. The van der Waals surface area contributed by atoms with Crippen molar-refractivity contribution < 1.29 is 8.42 Å². The van der Waals surface area contributed by atoms with Gasteiger partial charge in [0, 0.05) is 20.6 Å². The molecule has 0 heterocycles. The topological polar surface area (TPSA) is 63.4 Å². The van der Waals surface area contributed by atoms with E-state index < -0.39 is 10.0 Å². The van der Waals surface area contributed by atoms with E-state index in [0.717, 1.165) is 0 Å². The molecule has 56 valence electrons. The molecule has 0 aliphatic carbocycles. The second-order valence-corrected chi connectivity index (χ2v) is 4.19. The molecule has 0 radical (unpaired) electrons. The fourth-order valence-corrected chi connectivity index (χ4v) is 0.995. The summed E-state index contributed by atoms with van der Waals surface area (Å²) < 4.78 is 22.7. The summed E-state index contributed by atoms with van der Waals surface area (Å²) in [4.78, 5) is 0. The van der Waals surface area contributed by atoms with Gasteiger partial charge in [-0.2, -0.15) is 0 Å². The van der Waals surface area contributed by atoms with Crippen LogP contribution in [0.1, 0.15) is 0 Å². The Labute approximate surface area is 55.7 Å². The van der Waals surface area contributed by atoms with Crippen molar-refractivity contribution >= 4 is 10.0 Å². The van der Waals surface area contributed by atoms with E-state index in [-0.39, 0.29) is 12.3 Å². The molecule has 0 aromatic rings. The molecule has 0 saturated heterocycles. The van der Waals surface area contributed by atoms with Crippen LogP contribution < -0.4 is 5.73 Å². The van der Waals surface area contributed by atoms with E-state index in [1.165, 1.54) is 18.4 Å². The van der Waals surface area contributed by atoms with Gasteiger partial charge in [-0.05, 0) is 0 Å². The van der Waals surface area contributed by atoms with Crippen LogP contribution in [0.3, 0.4) is 0 Å². The van der Waals surface area contributed by atoms with E-state index in [1.807, 2.05) is 0 Å². The third-order valence-electron chi connectivity index (χ3n) is 0.932. The third kappa shape index (κ3) is 2.78. The molecule has 0 unspecified atom stereocenters. The molecular formula is C4H12N2O2S. The molecule has 0 rings (SSSR count). The Hall–Kier alpha value is -0.130. The van der Waals surface area contributed by atoms with E-state index in [0.29, 0.717) is 0 Å². The van der Waals surface area contributed by atoms with Gasteiger partial charge in [-0.25, -0.2) is 12.7 Å². The standard InChI is InChI=1S/C4H12N2O2S/c1-6(2)9(7,8)4-3-5/h3-5H2,1-2H3. The maximum Gasteiger partial charge on any atom is 0.214 e. The molecule has 0 fully saturated rings. The maximum absolute atomic E-state index is 10.8. The minimum absolute atomic E-state index is 0.0278. The maximum atomic E-state index is 10.8. The highest BCUT2D eigenvalue weighted by Gasteiger charge is 2.10. The second kappa shape index (κ2) is 3.14. The minimum Gasteiger partial charge on any atom is -0.329 e. The van der Waals surface area contributed by atoms with Crippen molar-refractivity contribution in [3.8, 4) is 0 Å². The summed E-state index contributed by atoms with van der Waals surface area (Å²) in [5.74, 6) is 0.0278. The number of hydrogen-bond acceptors (Lipinski definition) is 3. The lowest BCUT2D eigenvalue weighted by Gasteiger charge is -2.08. The lowest BCUT2D eigenvalue weighted by atomic mass is 10.8. The quantitative estimate of drug-likeness (QED) is 0.554. The van der Waals surface area contributed by atoms with Crippen molar-refractivity contribution in [1.82, 2.24) is 4.31 Å². The third-order valence-corrected chi connectivity index (χ3v) is 2.80. The first-order valence-corrected chi connectivity index (χ1v) is 4.22. The summed E-state index contributed by atoms with van der Waals surface area (Å²) >= 11 is 0. The minimum atomic E-state index is -3.04. The first-order chi connectivity index (χ1) is 4.00. The molecule has 0 aromatic heterocycles. The van der Waals surface area contributed by atoms with Gasteiger partial charge in [-0.3, -0.25) is 0 Å². The Morgan fingerprint density at radius 3 is 2.00 bits per heavy atom. The molecule has 0 aromatic carbocycles. The van der Waals surface area contributed by atoms with Gasteiger partial charge in [0.2, 0.25) is 10.0 Å². The summed E-state index contributed by atoms with van der Waals surface area (Å²) in [5.41, 5.74) is 5.05. The smallest absolute Gasteiger partial charge is 0.214 e. The zero-order valence-electron chi connectivity index (χ0n) is 5.66. The highest BCUT2D eigenvalue weighted by molar-refractivity contribution is 7.89. The number of nitrogens with zero attached hydrogens (tertiary/aromatic N) is 1. The van der Waals surface area contributed by atoms with Crippen molar-refractivity contribution in [2.75, 3.05) is 26.4 Å². The number of hydrogen-bond donors (Lipinski definition) is 1. The highest BCUT2D eigenvalue weighted by atomic mass is 32.2. The molecule has 0 aliphatic rings. The molecule has 0 saturated carbocycles. The molecule has 0 aliphatic heterocycles. The monoisotopic (exact) mass is 152 g/mol. The lowest BCUT2D eigenvalue weighted by molar-refractivity contribution is 0.521. The molecule has 0 bridgehead atoms. The molecule has 5 heteroatoms. The fraction of sp³-hybridized carbons (Fsp3) is 1.00. The van der Waals surface area contributed by atoms with Crippen LogP contribution in [0.25, 0.3) is 0 Å². The van der Waals surface area contributed by atoms with Gasteiger partial charge in [0.05, 0.1) is 5.75 Å². The summed E-state index contributed by atoms with van der Waals surface area (Å²) in [7, 11) is -0.0578. The van der Waals surface area contributed by atoms with Gasteiger partial charge in [0.25, 0.3) is 0 Å². The highest BCUT2D eigenvalue weighted by Crippen LogP contribution is 1.90. The predicted octanol–water partition coefficient (Wildman–Crippen LogP) is -1.16. The predicted molar refractivity (Wildman–Crippen MR) is 36.5 cm³/mol. The van der Waals surface area contributed by atoms with Crippen LogP contribution >= 0.6 is 0 Å². The van der Waals surface area contributed by atoms with Crippen LogP contribution in [0.15, 0.2) is 0 Å². The molecule has 9 heavy (non-hydrogen) atoms. The zero-order valence-corrected chi connectivity index (χ0v) is 6.48. The number of nitrogens with two attached hydrogens (primary N) is 1. The van der Waals surface area contributed by atoms with Gasteiger partial charge in [-0.15, -0.1) is 0 Å². The average Bonchev–Trinajstić information content (AvgIpc) is 1.65. The van der Waals surface area contributed by atoms with Crippen LogP contribution in [-0.2, 0) is 10.0 Å². The van der Waals surface area contributed by atoms with Crippen molar-refractivity contribution in [3.63, 3.8) is 0 Å². The Balaban J connectivity index is 4.05. The Morgan fingerprint density at radius 2 is 1.89 bits per heavy atom. The first-order valence-electron chi connectivity index (χ1n) is 2.61. The Bertz CT molecular complexity index is 161. The molecule has 2 N–H and O–H groups in total. The van der Waals surface area contributed by atoms with Gasteiger partial charge in [0.15, 0.2) is 0 Å². The van der Waals surface area contributed by atoms with Gasteiger partial charge in [0.1, 0.15) is 0 Å². The van der Waals surface area contributed by atoms with Crippen LogP contribution in [0.5, 0.6) is 0 Å². The summed E-state index contributed by atoms with van der Waals surface area (Å²) in [6.07, 6.45) is 0. The molecule has 0 spiro atoms. The van der Waals surface area contributed by atoms with Crippen LogP contribution in [0.4, 0.5) is 0 Å². The van der Waals surface area contributed by atoms with Gasteiger partial charge >= 0.3 is 0 Å². The largest absolute Gasteiger partial charge is 0.329 e. The van der Waals surface area contributed by atoms with Crippen molar-refractivity contribution in [2.45, 2.75) is 0 Å². The SMILES string of the molecule is CN(C)S(=O)(=O)CCN. The zero-order chi connectivity index (χ0) is 7.49. The van der Waals surface area contributed by atoms with Crippen molar-refractivity contribution in [2.24, 2.45) is 5.73 Å².